The summed E-state index contributed by atoms with van der Waals surface area (Å²) in [5.41, 5.74) is -0.349. The number of anilines is 2. The Labute approximate surface area is 187 Å². The van der Waals surface area contributed by atoms with Crippen molar-refractivity contribution in [2.45, 2.75) is 24.4 Å². The molecule has 0 aromatic heterocycles. The van der Waals surface area contributed by atoms with Crippen molar-refractivity contribution in [1.29, 1.82) is 0 Å². The molecule has 9 heteroatoms. The topological polar surface area (TPSA) is 107 Å². The molecule has 4 atom stereocenters. The highest BCUT2D eigenvalue weighted by Gasteiger charge is 2.74. The summed E-state index contributed by atoms with van der Waals surface area (Å²) in [6.07, 6.45) is 1.48. The van der Waals surface area contributed by atoms with E-state index in [0.717, 1.165) is 11.3 Å². The van der Waals surface area contributed by atoms with Gasteiger partial charge < -0.3 is 10.4 Å². The van der Waals surface area contributed by atoms with Crippen molar-refractivity contribution >= 4 is 46.7 Å². The van der Waals surface area contributed by atoms with Gasteiger partial charge in [0.2, 0.25) is 11.8 Å². The van der Waals surface area contributed by atoms with Gasteiger partial charge in [-0.25, -0.2) is 9.69 Å². The Balaban J connectivity index is 1.56. The number of amides is 3. The van der Waals surface area contributed by atoms with E-state index in [1.807, 2.05) is 4.90 Å². The fourth-order valence-corrected chi connectivity index (χ4v) is 6.38. The molecule has 6 rings (SSSR count). The van der Waals surface area contributed by atoms with Crippen LogP contribution in [0, 0.1) is 11.8 Å². The van der Waals surface area contributed by atoms with Gasteiger partial charge >= 0.3 is 5.97 Å². The molecule has 4 aliphatic heterocycles. The number of nitrogens with zero attached hydrogens (tertiary/aromatic N) is 2. The first-order valence-corrected chi connectivity index (χ1v) is 10.8. The van der Waals surface area contributed by atoms with E-state index in [4.69, 9.17) is 11.6 Å². The number of benzene rings is 2. The van der Waals surface area contributed by atoms with Crippen molar-refractivity contribution in [2.24, 2.45) is 11.8 Å². The van der Waals surface area contributed by atoms with Crippen LogP contribution in [-0.2, 0) is 19.9 Å². The monoisotopic (exact) mass is 451 g/mol. The Hall–Kier alpha value is -3.23. The number of para-hydroxylation sites is 1. The average Bonchev–Trinajstić information content (AvgIpc) is 3.47. The van der Waals surface area contributed by atoms with Crippen LogP contribution in [0.5, 0.6) is 0 Å². The summed E-state index contributed by atoms with van der Waals surface area (Å²) in [5, 5.41) is 12.9. The minimum atomic E-state index is -1.40. The molecule has 3 fully saturated rings. The van der Waals surface area contributed by atoms with E-state index in [2.05, 4.69) is 5.32 Å². The minimum absolute atomic E-state index is 0.0294. The third kappa shape index (κ3) is 2.16. The zero-order valence-electron chi connectivity index (χ0n) is 16.7. The van der Waals surface area contributed by atoms with Gasteiger partial charge in [-0.15, -0.1) is 0 Å². The molecule has 0 saturated carbocycles. The smallest absolute Gasteiger partial charge is 0.337 e. The maximum absolute atomic E-state index is 13.8. The zero-order valence-corrected chi connectivity index (χ0v) is 17.5. The van der Waals surface area contributed by atoms with Crippen molar-refractivity contribution in [3.63, 3.8) is 0 Å². The standard InChI is InChI=1S/C23H18ClN3O5/c24-11-6-8-12(9-7-11)27-19(28)16-15-5-2-10-26(15)23(17(16)20(27)29)14-4-1-3-13(21(30)31)18(14)25-22(23)32/h1,3-4,6-9,15-17H,2,5,10H2,(H,25,32)(H,30,31). The molecule has 3 saturated heterocycles. The molecule has 0 bridgehead atoms. The second-order valence-corrected chi connectivity index (χ2v) is 9.08. The minimum Gasteiger partial charge on any atom is -0.478 e. The molecule has 2 aromatic rings. The number of hydrogen-bond donors (Lipinski definition) is 2. The fourth-order valence-electron chi connectivity index (χ4n) is 6.25. The number of carboxylic acid groups (broad SMARTS) is 1. The molecule has 8 nitrogen and oxygen atoms in total. The van der Waals surface area contributed by atoms with Crippen LogP contribution in [0.15, 0.2) is 42.5 Å². The molecule has 2 N–H and O–H groups in total. The zero-order chi connectivity index (χ0) is 22.4. The molecule has 4 aliphatic rings. The van der Waals surface area contributed by atoms with Crippen LogP contribution in [-0.4, -0.2) is 46.3 Å². The van der Waals surface area contributed by atoms with Crippen molar-refractivity contribution in [1.82, 2.24) is 4.90 Å². The average molecular weight is 452 g/mol. The first-order chi connectivity index (χ1) is 15.4. The summed E-state index contributed by atoms with van der Waals surface area (Å²) in [6, 6.07) is 10.9. The van der Waals surface area contributed by atoms with Crippen molar-refractivity contribution in [2.75, 3.05) is 16.8 Å². The van der Waals surface area contributed by atoms with E-state index in [-0.39, 0.29) is 23.2 Å². The molecule has 162 valence electrons. The number of carbonyl (C=O) groups excluding carboxylic acids is 3. The van der Waals surface area contributed by atoms with Crippen LogP contribution in [0.1, 0.15) is 28.8 Å². The largest absolute Gasteiger partial charge is 0.478 e. The van der Waals surface area contributed by atoms with E-state index < -0.39 is 35.2 Å². The number of carboxylic acids is 1. The van der Waals surface area contributed by atoms with Gasteiger partial charge in [0.05, 0.1) is 28.8 Å². The van der Waals surface area contributed by atoms with Gasteiger partial charge in [0.1, 0.15) is 5.54 Å². The molecular weight excluding hydrogens is 434 g/mol. The lowest BCUT2D eigenvalue weighted by molar-refractivity contribution is -0.135. The third-order valence-corrected chi connectivity index (χ3v) is 7.59. The molecule has 0 radical (unpaired) electrons. The van der Waals surface area contributed by atoms with Crippen molar-refractivity contribution in [3.05, 3.63) is 58.6 Å². The van der Waals surface area contributed by atoms with Gasteiger partial charge in [-0.05, 0) is 49.7 Å². The van der Waals surface area contributed by atoms with Crippen LogP contribution in [0.4, 0.5) is 11.4 Å². The molecule has 4 heterocycles. The molecule has 32 heavy (non-hydrogen) atoms. The van der Waals surface area contributed by atoms with Gasteiger partial charge in [-0.2, -0.15) is 0 Å². The SMILES string of the molecule is O=C(O)c1cccc2c1NC(=O)C21C2C(=O)N(c3ccc(Cl)cc3)C(=O)C2C2CCCN21. The van der Waals surface area contributed by atoms with Crippen LogP contribution in [0.2, 0.25) is 5.02 Å². The fraction of sp³-hybridized carbons (Fsp3) is 0.304. The quantitative estimate of drug-likeness (QED) is 0.679. The van der Waals surface area contributed by atoms with E-state index in [0.29, 0.717) is 29.2 Å². The van der Waals surface area contributed by atoms with Crippen LogP contribution in [0.25, 0.3) is 0 Å². The summed E-state index contributed by atoms with van der Waals surface area (Å²) >= 11 is 5.98. The molecule has 0 aliphatic carbocycles. The summed E-state index contributed by atoms with van der Waals surface area (Å²) in [6.45, 7) is 0.559. The highest BCUT2D eigenvalue weighted by atomic mass is 35.5. The summed E-state index contributed by atoms with van der Waals surface area (Å²) in [7, 11) is 0. The molecule has 2 aromatic carbocycles. The predicted molar refractivity (Wildman–Crippen MR) is 114 cm³/mol. The Morgan fingerprint density at radius 2 is 1.84 bits per heavy atom. The van der Waals surface area contributed by atoms with Gasteiger partial charge in [0.15, 0.2) is 0 Å². The van der Waals surface area contributed by atoms with Gasteiger partial charge in [0, 0.05) is 16.6 Å². The van der Waals surface area contributed by atoms with Crippen LogP contribution >= 0.6 is 11.6 Å². The van der Waals surface area contributed by atoms with Crippen LogP contribution in [0.3, 0.4) is 0 Å². The Kier molecular flexibility index (Phi) is 3.89. The number of aromatic carboxylic acids is 1. The summed E-state index contributed by atoms with van der Waals surface area (Å²) in [5.74, 6) is -3.98. The predicted octanol–water partition coefficient (Wildman–Crippen LogP) is 2.47. The third-order valence-electron chi connectivity index (χ3n) is 7.34. The maximum atomic E-state index is 13.8. The highest BCUT2D eigenvalue weighted by molar-refractivity contribution is 6.31. The first kappa shape index (κ1) is 19.5. The molecule has 1 spiro atoms. The molecule has 4 unspecified atom stereocenters. The van der Waals surface area contributed by atoms with Crippen molar-refractivity contribution in [3.8, 4) is 0 Å². The molecular formula is C23H18ClN3O5. The summed E-state index contributed by atoms with van der Waals surface area (Å²) < 4.78 is 0. The number of carbonyl (C=O) groups is 4. The van der Waals surface area contributed by atoms with Gasteiger partial charge in [0.25, 0.3) is 5.91 Å². The second-order valence-electron chi connectivity index (χ2n) is 8.65. The highest BCUT2D eigenvalue weighted by Crippen LogP contribution is 2.61. The number of nitrogens with one attached hydrogen (secondary N) is 1. The first-order valence-electron chi connectivity index (χ1n) is 10.5. The maximum Gasteiger partial charge on any atom is 0.337 e. The van der Waals surface area contributed by atoms with Crippen LogP contribution < -0.4 is 10.2 Å². The number of imide groups is 1. The lowest BCUT2D eigenvalue weighted by atomic mass is 9.75. The Bertz CT molecular complexity index is 1230. The Morgan fingerprint density at radius 1 is 1.09 bits per heavy atom. The second kappa shape index (κ2) is 6.40. The van der Waals surface area contributed by atoms with E-state index >= 15 is 0 Å². The lowest BCUT2D eigenvalue weighted by Crippen LogP contribution is -2.54. The van der Waals surface area contributed by atoms with Gasteiger partial charge in [-0.1, -0.05) is 23.7 Å². The van der Waals surface area contributed by atoms with E-state index in [9.17, 15) is 24.3 Å². The summed E-state index contributed by atoms with van der Waals surface area (Å²) in [4.78, 5) is 55.9. The number of fused-ring (bicyclic) bond motifs is 7. The van der Waals surface area contributed by atoms with Gasteiger partial charge in [-0.3, -0.25) is 19.3 Å². The van der Waals surface area contributed by atoms with Crippen molar-refractivity contribution < 1.29 is 24.3 Å². The molecule has 3 amide bonds. The van der Waals surface area contributed by atoms with E-state index in [1.54, 1.807) is 36.4 Å². The lowest BCUT2D eigenvalue weighted by Gasteiger charge is -2.36. The number of hydrogen-bond acceptors (Lipinski definition) is 5. The number of rotatable bonds is 2. The number of halogens is 1. The Morgan fingerprint density at radius 3 is 2.56 bits per heavy atom. The normalized spacial score (nSPS) is 30.6. The van der Waals surface area contributed by atoms with E-state index in [1.165, 1.54) is 6.07 Å².